The minimum atomic E-state index is -0.756. The minimum absolute atomic E-state index is 0.0576. The second kappa shape index (κ2) is 6.33. The van der Waals surface area contributed by atoms with Crippen molar-refractivity contribution in [2.75, 3.05) is 20.0 Å². The van der Waals surface area contributed by atoms with Crippen molar-refractivity contribution in [1.29, 1.82) is 5.26 Å². The summed E-state index contributed by atoms with van der Waals surface area (Å²) in [7, 11) is 4.16. The molecule has 132 valence electrons. The zero-order chi connectivity index (χ0) is 19.0. The van der Waals surface area contributed by atoms with Gasteiger partial charge >= 0.3 is 5.97 Å². The Morgan fingerprint density at radius 1 is 1.38 bits per heavy atom. The number of pyridine rings is 2. The topological polar surface area (TPSA) is 116 Å². The van der Waals surface area contributed by atoms with Crippen molar-refractivity contribution in [3.63, 3.8) is 0 Å². The van der Waals surface area contributed by atoms with Gasteiger partial charge in [0, 0.05) is 36.0 Å². The van der Waals surface area contributed by atoms with E-state index in [-0.39, 0.29) is 33.8 Å². The summed E-state index contributed by atoms with van der Waals surface area (Å²) >= 11 is 0. The van der Waals surface area contributed by atoms with Gasteiger partial charge in [-0.25, -0.2) is 14.2 Å². The molecule has 3 aromatic rings. The summed E-state index contributed by atoms with van der Waals surface area (Å²) < 4.78 is 25.6. The molecule has 0 amide bonds. The van der Waals surface area contributed by atoms with Gasteiger partial charge in [0.1, 0.15) is 11.7 Å². The van der Waals surface area contributed by atoms with E-state index in [1.54, 1.807) is 17.8 Å². The van der Waals surface area contributed by atoms with E-state index in [4.69, 9.17) is 15.2 Å². The van der Waals surface area contributed by atoms with Gasteiger partial charge in [0.25, 0.3) is 0 Å². The van der Waals surface area contributed by atoms with Gasteiger partial charge in [-0.2, -0.15) is 5.26 Å². The third-order valence-electron chi connectivity index (χ3n) is 3.97. The van der Waals surface area contributed by atoms with E-state index in [0.29, 0.717) is 11.0 Å². The zero-order valence-corrected chi connectivity index (χ0v) is 14.2. The van der Waals surface area contributed by atoms with Gasteiger partial charge in [-0.1, -0.05) is 0 Å². The predicted molar refractivity (Wildman–Crippen MR) is 90.9 cm³/mol. The van der Waals surface area contributed by atoms with Crippen molar-refractivity contribution >= 4 is 22.7 Å². The molecule has 0 aliphatic heterocycles. The van der Waals surface area contributed by atoms with Crippen molar-refractivity contribution in [1.82, 2.24) is 14.5 Å². The van der Waals surface area contributed by atoms with Gasteiger partial charge in [-0.3, -0.25) is 4.98 Å². The molecule has 0 aliphatic rings. The molecule has 3 heterocycles. The molecule has 3 rings (SSSR count). The quantitative estimate of drug-likeness (QED) is 0.714. The lowest BCUT2D eigenvalue weighted by Gasteiger charge is -2.15. The fraction of sp³-hybridized carbons (Fsp3) is 0.176. The van der Waals surface area contributed by atoms with Crippen LogP contribution in [-0.2, 0) is 11.8 Å². The Bertz CT molecular complexity index is 1080. The van der Waals surface area contributed by atoms with Crippen LogP contribution in [0.5, 0.6) is 5.75 Å². The fourth-order valence-corrected chi connectivity index (χ4v) is 2.84. The first kappa shape index (κ1) is 17.2. The highest BCUT2D eigenvalue weighted by atomic mass is 19.1. The zero-order valence-electron chi connectivity index (χ0n) is 14.2. The average molecular weight is 355 g/mol. The number of carbonyl (C=O) groups excluding carboxylic acids is 1. The number of ether oxygens (including phenoxy) is 2. The number of aromatic nitrogens is 3. The SMILES string of the molecule is COC(=O)c1nc2c(c(C#N)cn2C)c(-c2cncc(F)c2OC)c1N. The summed E-state index contributed by atoms with van der Waals surface area (Å²) in [4.78, 5) is 20.2. The van der Waals surface area contributed by atoms with Crippen LogP contribution in [0.1, 0.15) is 16.1 Å². The molecule has 0 saturated carbocycles. The lowest BCUT2D eigenvalue weighted by Crippen LogP contribution is -2.11. The normalized spacial score (nSPS) is 10.6. The van der Waals surface area contributed by atoms with E-state index < -0.39 is 11.8 Å². The lowest BCUT2D eigenvalue weighted by atomic mass is 9.98. The number of esters is 1. The van der Waals surface area contributed by atoms with Crippen molar-refractivity contribution in [2.24, 2.45) is 7.05 Å². The molecular weight excluding hydrogens is 341 g/mol. The summed E-state index contributed by atoms with van der Waals surface area (Å²) in [5, 5.41) is 9.84. The van der Waals surface area contributed by atoms with Crippen LogP contribution in [0.3, 0.4) is 0 Å². The smallest absolute Gasteiger partial charge is 0.358 e. The monoisotopic (exact) mass is 355 g/mol. The first-order valence-corrected chi connectivity index (χ1v) is 7.39. The molecule has 3 aromatic heterocycles. The number of hydrogen-bond donors (Lipinski definition) is 1. The van der Waals surface area contributed by atoms with E-state index >= 15 is 0 Å². The van der Waals surface area contributed by atoms with Crippen molar-refractivity contribution < 1.29 is 18.7 Å². The number of nitriles is 1. The van der Waals surface area contributed by atoms with Gasteiger partial charge in [-0.15, -0.1) is 0 Å². The lowest BCUT2D eigenvalue weighted by molar-refractivity contribution is 0.0596. The van der Waals surface area contributed by atoms with Gasteiger partial charge in [0.05, 0.1) is 31.7 Å². The minimum Gasteiger partial charge on any atom is -0.493 e. The average Bonchev–Trinajstić information content (AvgIpc) is 2.96. The first-order valence-electron chi connectivity index (χ1n) is 7.39. The number of carbonyl (C=O) groups is 1. The van der Waals surface area contributed by atoms with Crippen LogP contribution in [0.15, 0.2) is 18.6 Å². The largest absolute Gasteiger partial charge is 0.493 e. The van der Waals surface area contributed by atoms with Crippen LogP contribution in [0, 0.1) is 17.1 Å². The maximum absolute atomic E-state index is 14.2. The van der Waals surface area contributed by atoms with E-state index in [9.17, 15) is 14.4 Å². The number of methoxy groups -OCH3 is 2. The van der Waals surface area contributed by atoms with E-state index in [0.717, 1.165) is 6.20 Å². The third-order valence-corrected chi connectivity index (χ3v) is 3.97. The number of fused-ring (bicyclic) bond motifs is 1. The highest BCUT2D eigenvalue weighted by molar-refractivity contribution is 6.09. The number of rotatable bonds is 3. The molecule has 0 spiro atoms. The Hall–Kier alpha value is -3.67. The first-order chi connectivity index (χ1) is 12.4. The van der Waals surface area contributed by atoms with Crippen molar-refractivity contribution in [2.45, 2.75) is 0 Å². The molecule has 0 fully saturated rings. The molecule has 0 radical (unpaired) electrons. The van der Waals surface area contributed by atoms with Crippen LogP contribution in [0.4, 0.5) is 10.1 Å². The highest BCUT2D eigenvalue weighted by Crippen LogP contribution is 2.42. The maximum Gasteiger partial charge on any atom is 0.358 e. The summed E-state index contributed by atoms with van der Waals surface area (Å²) in [5.41, 5.74) is 6.99. The molecule has 9 heteroatoms. The number of halogens is 1. The summed E-state index contributed by atoms with van der Waals surface area (Å²) in [6.45, 7) is 0. The Morgan fingerprint density at radius 3 is 2.73 bits per heavy atom. The van der Waals surface area contributed by atoms with E-state index in [2.05, 4.69) is 16.0 Å². The molecule has 0 aromatic carbocycles. The van der Waals surface area contributed by atoms with Crippen molar-refractivity contribution in [3.05, 3.63) is 35.7 Å². The Balaban J connectivity index is 2.55. The molecule has 0 aliphatic carbocycles. The number of nitrogen functional groups attached to an aromatic ring is 1. The standard InChI is InChI=1S/C17H14FN5O3/c1-23-7-8(4-19)11-12(9-5-21-6-10(18)15(9)25-2)13(20)14(17(24)26-3)22-16(11)23/h5-7H,20H2,1-3H3. The number of anilines is 1. The van der Waals surface area contributed by atoms with E-state index in [1.165, 1.54) is 20.4 Å². The summed E-state index contributed by atoms with van der Waals surface area (Å²) in [5.74, 6) is -1.57. The van der Waals surface area contributed by atoms with Gasteiger partial charge in [-0.05, 0) is 0 Å². The molecule has 0 saturated heterocycles. The Labute approximate surface area is 147 Å². The second-order valence-corrected chi connectivity index (χ2v) is 5.41. The fourth-order valence-electron chi connectivity index (χ4n) is 2.84. The number of aryl methyl sites for hydroxylation is 1. The molecule has 0 atom stereocenters. The molecule has 0 unspecified atom stereocenters. The van der Waals surface area contributed by atoms with E-state index in [1.807, 2.05) is 0 Å². The van der Waals surface area contributed by atoms with Crippen LogP contribution in [0.2, 0.25) is 0 Å². The van der Waals surface area contributed by atoms with Crippen LogP contribution in [-0.4, -0.2) is 34.7 Å². The van der Waals surface area contributed by atoms with Crippen molar-refractivity contribution in [3.8, 4) is 22.9 Å². The van der Waals surface area contributed by atoms with Gasteiger partial charge < -0.3 is 19.8 Å². The number of hydrogen-bond acceptors (Lipinski definition) is 7. The Morgan fingerprint density at radius 2 is 2.12 bits per heavy atom. The predicted octanol–water partition coefficient (Wildman–Crippen LogP) is 2.02. The molecule has 26 heavy (non-hydrogen) atoms. The summed E-state index contributed by atoms with van der Waals surface area (Å²) in [6.07, 6.45) is 3.89. The molecular formula is C17H14FN5O3. The molecule has 2 N–H and O–H groups in total. The maximum atomic E-state index is 14.2. The number of nitrogens with zero attached hydrogens (tertiary/aromatic N) is 4. The summed E-state index contributed by atoms with van der Waals surface area (Å²) in [6, 6.07) is 2.06. The molecule has 8 nitrogen and oxygen atoms in total. The third kappa shape index (κ3) is 2.39. The van der Waals surface area contributed by atoms with Crippen LogP contribution < -0.4 is 10.5 Å². The Kier molecular flexibility index (Phi) is 4.18. The number of nitrogens with two attached hydrogens (primary N) is 1. The van der Waals surface area contributed by atoms with Gasteiger partial charge in [0.15, 0.2) is 17.3 Å². The second-order valence-electron chi connectivity index (χ2n) is 5.41. The van der Waals surface area contributed by atoms with Crippen LogP contribution >= 0.6 is 0 Å². The highest BCUT2D eigenvalue weighted by Gasteiger charge is 2.26. The van der Waals surface area contributed by atoms with Crippen LogP contribution in [0.25, 0.3) is 22.2 Å². The molecule has 0 bridgehead atoms. The van der Waals surface area contributed by atoms with Gasteiger partial charge in [0.2, 0.25) is 0 Å².